The molecular formula is C6H10ClLi. The van der Waals surface area contributed by atoms with Gasteiger partial charge in [-0.15, -0.1) is 11.6 Å². The van der Waals surface area contributed by atoms with Gasteiger partial charge >= 0.3 is 18.9 Å². The van der Waals surface area contributed by atoms with Crippen LogP contribution in [0.25, 0.3) is 0 Å². The first-order chi connectivity index (χ1) is 3.41. The first-order valence-corrected chi connectivity index (χ1v) is 3.04. The van der Waals surface area contributed by atoms with Crippen molar-refractivity contribution in [1.82, 2.24) is 0 Å². The molecule has 0 aromatic carbocycles. The maximum Gasteiger partial charge on any atom is 1.00 e. The van der Waals surface area contributed by atoms with Crippen LogP contribution >= 0.6 is 11.6 Å². The molecule has 8 heavy (non-hydrogen) atoms. The predicted molar refractivity (Wildman–Crippen MR) is 33.4 cm³/mol. The Hall–Kier alpha value is 0.627. The summed E-state index contributed by atoms with van der Waals surface area (Å²) in [6.45, 7) is 5.10. The largest absolute Gasteiger partial charge is 1.00 e. The van der Waals surface area contributed by atoms with E-state index in [4.69, 9.17) is 18.2 Å². The number of alkyl halides is 1. The Kier molecular flexibility index (Phi) is 15.1. The van der Waals surface area contributed by atoms with Crippen molar-refractivity contribution in [2.75, 3.05) is 5.88 Å². The van der Waals surface area contributed by atoms with Crippen molar-refractivity contribution in [1.29, 1.82) is 0 Å². The molecule has 0 N–H and O–H groups in total. The Morgan fingerprint density at radius 3 is 2.38 bits per heavy atom. The molecule has 0 rings (SSSR count). The van der Waals surface area contributed by atoms with E-state index in [9.17, 15) is 0 Å². The van der Waals surface area contributed by atoms with Gasteiger partial charge in [0.1, 0.15) is 0 Å². The molecule has 0 aromatic heterocycles. The number of unbranched alkanes of at least 4 members (excludes halogenated alkanes) is 2. The molecule has 0 saturated heterocycles. The Bertz CT molecular complexity index is 45.8. The van der Waals surface area contributed by atoms with Crippen LogP contribution in [-0.2, 0) is 0 Å². The zero-order valence-electron chi connectivity index (χ0n) is 5.36. The monoisotopic (exact) mass is 124 g/mol. The minimum atomic E-state index is 0. The van der Waals surface area contributed by atoms with Crippen LogP contribution in [0.3, 0.4) is 0 Å². The van der Waals surface area contributed by atoms with E-state index in [1.54, 1.807) is 6.08 Å². The van der Waals surface area contributed by atoms with Crippen molar-refractivity contribution < 1.29 is 18.9 Å². The van der Waals surface area contributed by atoms with Gasteiger partial charge in [0.05, 0.1) is 0 Å². The summed E-state index contributed by atoms with van der Waals surface area (Å²) in [6.07, 6.45) is 4.87. The second-order valence-electron chi connectivity index (χ2n) is 1.42. The molecule has 42 valence electrons. The Balaban J connectivity index is 0. The van der Waals surface area contributed by atoms with Gasteiger partial charge in [-0.25, -0.2) is 0 Å². The van der Waals surface area contributed by atoms with E-state index in [-0.39, 0.29) is 18.9 Å². The van der Waals surface area contributed by atoms with Crippen molar-refractivity contribution in [3.8, 4) is 0 Å². The SMILES string of the molecule is [CH-]=CCCCCCl.[Li+]. The van der Waals surface area contributed by atoms with Crippen molar-refractivity contribution in [3.05, 3.63) is 12.7 Å². The molecule has 0 atom stereocenters. The second-order valence-corrected chi connectivity index (χ2v) is 1.80. The summed E-state index contributed by atoms with van der Waals surface area (Å²) in [7, 11) is 0. The molecule has 0 spiro atoms. The Labute approximate surface area is 68.5 Å². The first kappa shape index (κ1) is 11.4. The van der Waals surface area contributed by atoms with Crippen molar-refractivity contribution in [2.24, 2.45) is 0 Å². The topological polar surface area (TPSA) is 0 Å². The van der Waals surface area contributed by atoms with Crippen LogP contribution in [0.2, 0.25) is 0 Å². The van der Waals surface area contributed by atoms with Crippen LogP contribution in [0.5, 0.6) is 0 Å². The summed E-state index contributed by atoms with van der Waals surface area (Å²) in [5.74, 6) is 0.758. The van der Waals surface area contributed by atoms with Crippen LogP contribution in [0.1, 0.15) is 19.3 Å². The molecule has 0 aliphatic carbocycles. The molecule has 0 saturated carbocycles. The van der Waals surface area contributed by atoms with Crippen LogP contribution in [-0.4, -0.2) is 5.88 Å². The van der Waals surface area contributed by atoms with Gasteiger partial charge < -0.3 is 6.58 Å². The molecule has 0 heterocycles. The van der Waals surface area contributed by atoms with Crippen LogP contribution < -0.4 is 18.9 Å². The molecule has 0 unspecified atom stereocenters. The molecule has 0 aromatic rings. The maximum atomic E-state index is 5.38. The van der Waals surface area contributed by atoms with E-state index in [0.717, 1.165) is 25.1 Å². The number of rotatable bonds is 4. The maximum absolute atomic E-state index is 5.38. The normalized spacial score (nSPS) is 7.62. The zero-order valence-corrected chi connectivity index (χ0v) is 6.12. The fourth-order valence-electron chi connectivity index (χ4n) is 0.357. The van der Waals surface area contributed by atoms with Gasteiger partial charge in [-0.2, -0.15) is 0 Å². The third-order valence-corrected chi connectivity index (χ3v) is 1.02. The number of hydrogen-bond acceptors (Lipinski definition) is 0. The van der Waals surface area contributed by atoms with Crippen molar-refractivity contribution in [3.63, 3.8) is 0 Å². The van der Waals surface area contributed by atoms with Crippen LogP contribution in [0, 0.1) is 6.58 Å². The molecule has 0 aliphatic heterocycles. The molecule has 0 amide bonds. The standard InChI is InChI=1S/C6H10Cl.Li/c1-2-3-4-5-6-7;/h1-2H,3-6H2;/q-1;+1. The smallest absolute Gasteiger partial charge is 0.518 e. The van der Waals surface area contributed by atoms with E-state index in [1.807, 2.05) is 0 Å². The molecule has 0 bridgehead atoms. The summed E-state index contributed by atoms with van der Waals surface area (Å²) >= 11 is 5.38. The number of allylic oxidation sites excluding steroid dienone is 1. The molecule has 0 fully saturated rings. The number of hydrogen-bond donors (Lipinski definition) is 0. The average molecular weight is 125 g/mol. The Morgan fingerprint density at radius 2 is 2.00 bits per heavy atom. The van der Waals surface area contributed by atoms with E-state index < -0.39 is 0 Å². The van der Waals surface area contributed by atoms with Gasteiger partial charge in [-0.1, -0.05) is 12.8 Å². The van der Waals surface area contributed by atoms with Crippen LogP contribution in [0.4, 0.5) is 0 Å². The van der Waals surface area contributed by atoms with Gasteiger partial charge in [0.2, 0.25) is 0 Å². The quantitative estimate of drug-likeness (QED) is 0.203. The third-order valence-electron chi connectivity index (χ3n) is 0.754. The average Bonchev–Trinajstić information content (AvgIpc) is 1.69. The summed E-state index contributed by atoms with van der Waals surface area (Å²) in [5.41, 5.74) is 0. The minimum Gasteiger partial charge on any atom is -0.518 e. The van der Waals surface area contributed by atoms with Gasteiger partial charge in [-0.05, 0) is 6.42 Å². The fraction of sp³-hybridized carbons (Fsp3) is 0.667. The molecular weight excluding hydrogens is 114 g/mol. The van der Waals surface area contributed by atoms with E-state index >= 15 is 0 Å². The third kappa shape index (κ3) is 9.80. The van der Waals surface area contributed by atoms with Gasteiger partial charge in [0, 0.05) is 5.88 Å². The van der Waals surface area contributed by atoms with Crippen LogP contribution in [0.15, 0.2) is 6.08 Å². The molecule has 0 aliphatic rings. The van der Waals surface area contributed by atoms with E-state index in [2.05, 4.69) is 0 Å². The molecule has 0 nitrogen and oxygen atoms in total. The second kappa shape index (κ2) is 10.6. The van der Waals surface area contributed by atoms with Crippen molar-refractivity contribution >= 4 is 11.6 Å². The van der Waals surface area contributed by atoms with Gasteiger partial charge in [0.25, 0.3) is 0 Å². The minimum absolute atomic E-state index is 0. The zero-order chi connectivity index (χ0) is 5.54. The fourth-order valence-corrected chi connectivity index (χ4v) is 0.546. The summed E-state index contributed by atoms with van der Waals surface area (Å²) in [4.78, 5) is 0. The Morgan fingerprint density at radius 1 is 1.38 bits per heavy atom. The predicted octanol–water partition coefficient (Wildman–Crippen LogP) is -0.611. The molecule has 2 heteroatoms. The van der Waals surface area contributed by atoms with Gasteiger partial charge in [-0.3, -0.25) is 6.08 Å². The summed E-state index contributed by atoms with van der Waals surface area (Å²) in [6, 6.07) is 0. The molecule has 0 radical (unpaired) electrons. The first-order valence-electron chi connectivity index (χ1n) is 2.51. The number of halogens is 1. The van der Waals surface area contributed by atoms with Gasteiger partial charge in [0.15, 0.2) is 0 Å². The van der Waals surface area contributed by atoms with E-state index in [0.29, 0.717) is 0 Å². The van der Waals surface area contributed by atoms with Crippen molar-refractivity contribution in [2.45, 2.75) is 19.3 Å². The summed E-state index contributed by atoms with van der Waals surface area (Å²) < 4.78 is 0. The van der Waals surface area contributed by atoms with E-state index in [1.165, 1.54) is 0 Å². The summed E-state index contributed by atoms with van der Waals surface area (Å²) in [5, 5.41) is 0.